The van der Waals surface area contributed by atoms with Gasteiger partial charge in [-0.1, -0.05) is 18.2 Å². The number of sulfonamides is 1. The van der Waals surface area contributed by atoms with E-state index in [1.165, 1.54) is 12.5 Å². The number of nitrogens with zero attached hydrogens (tertiary/aromatic N) is 3. The van der Waals surface area contributed by atoms with Crippen LogP contribution in [0.5, 0.6) is 0 Å². The zero-order valence-corrected chi connectivity index (χ0v) is 11.5. The van der Waals surface area contributed by atoms with Crippen molar-refractivity contribution in [2.24, 2.45) is 7.05 Å². The average molecular weight is 288 g/mol. The molecule has 0 spiro atoms. The summed E-state index contributed by atoms with van der Waals surface area (Å²) >= 11 is 0. The Balaban J connectivity index is 2.05. The molecule has 0 radical (unpaired) electrons. The van der Waals surface area contributed by atoms with Gasteiger partial charge in [0.1, 0.15) is 0 Å². The lowest BCUT2D eigenvalue weighted by Gasteiger charge is -2.08. The first-order chi connectivity index (χ1) is 9.56. The second-order valence-corrected chi connectivity index (χ2v) is 5.99. The van der Waals surface area contributed by atoms with Gasteiger partial charge in [-0.25, -0.2) is 4.98 Å². The van der Waals surface area contributed by atoms with Gasteiger partial charge < -0.3 is 4.57 Å². The predicted octanol–water partition coefficient (Wildman–Crippen LogP) is 1.77. The van der Waals surface area contributed by atoms with Gasteiger partial charge in [0.05, 0.1) is 17.5 Å². The minimum absolute atomic E-state index is 0.0204. The van der Waals surface area contributed by atoms with Crippen LogP contribution in [0.4, 0.5) is 5.69 Å². The van der Waals surface area contributed by atoms with E-state index in [4.69, 9.17) is 0 Å². The molecule has 3 aromatic rings. The average Bonchev–Trinajstić information content (AvgIpc) is 2.86. The van der Waals surface area contributed by atoms with Crippen molar-refractivity contribution in [2.45, 2.75) is 5.03 Å². The number of pyridine rings is 1. The standard InChI is InChI=1S/C13H12N4O2S/c1-17-8-12(15-9-17)20(18,19)16-11-6-2-4-10-5-3-7-14-13(10)11/h2-9,16H,1H3. The van der Waals surface area contributed by atoms with Gasteiger partial charge in [-0.05, 0) is 12.1 Å². The van der Waals surface area contributed by atoms with Crippen LogP contribution in [0, 0.1) is 0 Å². The van der Waals surface area contributed by atoms with E-state index in [0.717, 1.165) is 5.39 Å². The van der Waals surface area contributed by atoms with Crippen molar-refractivity contribution >= 4 is 26.6 Å². The number of rotatable bonds is 3. The summed E-state index contributed by atoms with van der Waals surface area (Å²) in [6.07, 6.45) is 4.51. The number of anilines is 1. The van der Waals surface area contributed by atoms with Crippen LogP contribution in [0.3, 0.4) is 0 Å². The summed E-state index contributed by atoms with van der Waals surface area (Å²) in [4.78, 5) is 8.07. The highest BCUT2D eigenvalue weighted by Crippen LogP contribution is 2.23. The summed E-state index contributed by atoms with van der Waals surface area (Å²) in [6, 6.07) is 9.01. The molecule has 0 saturated heterocycles. The Hall–Kier alpha value is -2.41. The SMILES string of the molecule is Cn1cnc(S(=O)(=O)Nc2cccc3cccnc23)c1. The molecule has 0 fully saturated rings. The van der Waals surface area contributed by atoms with Crippen molar-refractivity contribution in [1.82, 2.24) is 14.5 Å². The number of imidazole rings is 1. The molecule has 2 heterocycles. The lowest BCUT2D eigenvalue weighted by molar-refractivity contribution is 0.598. The smallest absolute Gasteiger partial charge is 0.281 e. The number of nitrogens with one attached hydrogen (secondary N) is 1. The molecule has 0 unspecified atom stereocenters. The number of aryl methyl sites for hydroxylation is 1. The van der Waals surface area contributed by atoms with E-state index in [1.807, 2.05) is 12.1 Å². The third-order valence-corrected chi connectivity index (χ3v) is 4.08. The van der Waals surface area contributed by atoms with Gasteiger partial charge in [0.25, 0.3) is 10.0 Å². The van der Waals surface area contributed by atoms with E-state index in [9.17, 15) is 8.42 Å². The Labute approximate surface area is 116 Å². The van der Waals surface area contributed by atoms with Gasteiger partial charge in [0.2, 0.25) is 0 Å². The van der Waals surface area contributed by atoms with Gasteiger partial charge in [-0.2, -0.15) is 8.42 Å². The molecule has 0 bridgehead atoms. The number of benzene rings is 1. The molecule has 0 aliphatic heterocycles. The molecule has 0 amide bonds. The zero-order valence-electron chi connectivity index (χ0n) is 10.7. The Morgan fingerprint density at radius 2 is 1.95 bits per heavy atom. The number of para-hydroxylation sites is 1. The Morgan fingerprint density at radius 3 is 2.70 bits per heavy atom. The maximum absolute atomic E-state index is 12.2. The van der Waals surface area contributed by atoms with Gasteiger partial charge >= 0.3 is 0 Å². The molecule has 0 saturated carbocycles. The van der Waals surface area contributed by atoms with Crippen molar-refractivity contribution in [3.8, 4) is 0 Å². The van der Waals surface area contributed by atoms with Crippen molar-refractivity contribution in [3.05, 3.63) is 49.1 Å². The first-order valence-corrected chi connectivity index (χ1v) is 7.39. The number of hydrogen-bond donors (Lipinski definition) is 1. The maximum Gasteiger partial charge on any atom is 0.281 e. The largest absolute Gasteiger partial charge is 0.339 e. The van der Waals surface area contributed by atoms with E-state index < -0.39 is 10.0 Å². The predicted molar refractivity (Wildman–Crippen MR) is 75.8 cm³/mol. The monoisotopic (exact) mass is 288 g/mol. The summed E-state index contributed by atoms with van der Waals surface area (Å²) in [6.45, 7) is 0. The van der Waals surface area contributed by atoms with E-state index in [0.29, 0.717) is 11.2 Å². The van der Waals surface area contributed by atoms with Gasteiger partial charge in [0, 0.05) is 24.8 Å². The third-order valence-electron chi connectivity index (χ3n) is 2.83. The van der Waals surface area contributed by atoms with E-state index >= 15 is 0 Å². The normalized spacial score (nSPS) is 11.7. The van der Waals surface area contributed by atoms with Crippen LogP contribution >= 0.6 is 0 Å². The van der Waals surface area contributed by atoms with Crippen molar-refractivity contribution < 1.29 is 8.42 Å². The van der Waals surface area contributed by atoms with Crippen LogP contribution in [0.1, 0.15) is 0 Å². The molecule has 0 atom stereocenters. The Bertz CT molecular complexity index is 865. The molecule has 20 heavy (non-hydrogen) atoms. The fraction of sp³-hybridized carbons (Fsp3) is 0.0769. The van der Waals surface area contributed by atoms with Gasteiger partial charge in [-0.3, -0.25) is 9.71 Å². The van der Waals surface area contributed by atoms with Crippen molar-refractivity contribution in [3.63, 3.8) is 0 Å². The van der Waals surface area contributed by atoms with Gasteiger partial charge in [0.15, 0.2) is 5.03 Å². The molecule has 0 aliphatic carbocycles. The van der Waals surface area contributed by atoms with E-state index in [2.05, 4.69) is 14.7 Å². The van der Waals surface area contributed by atoms with Gasteiger partial charge in [-0.15, -0.1) is 0 Å². The first-order valence-electron chi connectivity index (χ1n) is 5.91. The zero-order chi connectivity index (χ0) is 14.2. The van der Waals surface area contributed by atoms with Crippen LogP contribution in [-0.2, 0) is 17.1 Å². The van der Waals surface area contributed by atoms with Crippen molar-refractivity contribution in [2.75, 3.05) is 4.72 Å². The van der Waals surface area contributed by atoms with Crippen LogP contribution < -0.4 is 4.72 Å². The fourth-order valence-corrected chi connectivity index (χ4v) is 2.96. The summed E-state index contributed by atoms with van der Waals surface area (Å²) < 4.78 is 28.6. The summed E-state index contributed by atoms with van der Waals surface area (Å²) in [5.74, 6) is 0. The quantitative estimate of drug-likeness (QED) is 0.797. The third kappa shape index (κ3) is 2.23. The van der Waals surface area contributed by atoms with E-state index in [-0.39, 0.29) is 5.03 Å². The molecule has 6 nitrogen and oxygen atoms in total. The molecule has 2 aromatic heterocycles. The first kappa shape index (κ1) is 12.6. The highest BCUT2D eigenvalue weighted by Gasteiger charge is 2.18. The number of hydrogen-bond acceptors (Lipinski definition) is 4. The highest BCUT2D eigenvalue weighted by molar-refractivity contribution is 7.92. The Morgan fingerprint density at radius 1 is 1.15 bits per heavy atom. The summed E-state index contributed by atoms with van der Waals surface area (Å²) in [5.41, 5.74) is 1.04. The fourth-order valence-electron chi connectivity index (χ4n) is 1.91. The van der Waals surface area contributed by atoms with E-state index in [1.54, 1.807) is 36.0 Å². The molecule has 1 N–H and O–H groups in total. The number of fused-ring (bicyclic) bond motifs is 1. The molecule has 3 rings (SSSR count). The van der Waals surface area contributed by atoms with Crippen LogP contribution in [0.2, 0.25) is 0 Å². The maximum atomic E-state index is 12.2. The summed E-state index contributed by atoms with van der Waals surface area (Å²) in [7, 11) is -1.99. The second-order valence-electron chi connectivity index (χ2n) is 4.36. The number of aromatic nitrogens is 3. The summed E-state index contributed by atoms with van der Waals surface area (Å²) in [5, 5.41) is 0.849. The van der Waals surface area contributed by atoms with Crippen molar-refractivity contribution in [1.29, 1.82) is 0 Å². The van der Waals surface area contributed by atoms with Crippen LogP contribution in [0.25, 0.3) is 10.9 Å². The lowest BCUT2D eigenvalue weighted by atomic mass is 10.2. The Kier molecular flexibility index (Phi) is 2.90. The topological polar surface area (TPSA) is 76.9 Å². The molecule has 102 valence electrons. The van der Waals surface area contributed by atoms with Crippen LogP contribution in [0.15, 0.2) is 54.1 Å². The molecule has 1 aromatic carbocycles. The second kappa shape index (κ2) is 4.61. The lowest BCUT2D eigenvalue weighted by Crippen LogP contribution is -2.13. The van der Waals surface area contributed by atoms with Crippen LogP contribution in [-0.4, -0.2) is 23.0 Å². The molecule has 7 heteroatoms. The minimum Gasteiger partial charge on any atom is -0.339 e. The molecule has 0 aliphatic rings. The molecular formula is C13H12N4O2S. The minimum atomic E-state index is -3.71. The highest BCUT2D eigenvalue weighted by atomic mass is 32.2. The molecular weight excluding hydrogens is 276 g/mol.